The maximum atomic E-state index is 12.6. The van der Waals surface area contributed by atoms with Crippen molar-refractivity contribution in [2.45, 2.75) is 44.9 Å². The van der Waals surface area contributed by atoms with E-state index in [1.807, 2.05) is 5.38 Å². The van der Waals surface area contributed by atoms with Crippen molar-refractivity contribution in [2.75, 3.05) is 7.11 Å². The van der Waals surface area contributed by atoms with Gasteiger partial charge in [-0.15, -0.1) is 11.3 Å². The number of nitrogens with one attached hydrogen (secondary N) is 1. The zero-order chi connectivity index (χ0) is 22.1. The molecule has 4 fully saturated rings. The Morgan fingerprint density at radius 1 is 1.12 bits per heavy atom. The summed E-state index contributed by atoms with van der Waals surface area (Å²) in [6.07, 6.45) is 9.91. The predicted octanol–water partition coefficient (Wildman–Crippen LogP) is 5.03. The summed E-state index contributed by atoms with van der Waals surface area (Å²) in [5, 5.41) is 5.98. The third-order valence-electron chi connectivity index (χ3n) is 7.22. The van der Waals surface area contributed by atoms with E-state index in [1.54, 1.807) is 36.5 Å². The second-order valence-electron chi connectivity index (χ2n) is 9.66. The number of hydrogen-bond donors (Lipinski definition) is 1. The fourth-order valence-corrected chi connectivity index (χ4v) is 7.06. The lowest BCUT2D eigenvalue weighted by atomic mass is 9.49. The summed E-state index contributed by atoms with van der Waals surface area (Å²) in [6.45, 7) is 0. The van der Waals surface area contributed by atoms with Crippen molar-refractivity contribution in [2.24, 2.45) is 28.3 Å². The molecule has 32 heavy (non-hydrogen) atoms. The van der Waals surface area contributed by atoms with Gasteiger partial charge in [0, 0.05) is 6.42 Å². The molecule has 168 valence electrons. The number of nitrogens with zero attached hydrogens (tertiary/aromatic N) is 1. The molecule has 0 unspecified atom stereocenters. The van der Waals surface area contributed by atoms with Crippen molar-refractivity contribution in [3.05, 3.63) is 46.2 Å². The molecule has 4 saturated carbocycles. The molecule has 0 aliphatic heterocycles. The lowest BCUT2D eigenvalue weighted by Crippen LogP contribution is -2.47. The Labute approximate surface area is 192 Å². The minimum absolute atomic E-state index is 0.00309. The van der Waals surface area contributed by atoms with Gasteiger partial charge in [-0.05, 0) is 96.9 Å². The average molecular weight is 453 g/mol. The molecule has 6 rings (SSSR count). The molecule has 0 radical (unpaired) electrons. The highest BCUT2D eigenvalue weighted by molar-refractivity contribution is 7.12. The summed E-state index contributed by atoms with van der Waals surface area (Å²) in [6, 6.07) is 8.69. The Kier molecular flexibility index (Phi) is 5.76. The monoisotopic (exact) mass is 452 g/mol. The van der Waals surface area contributed by atoms with Gasteiger partial charge >= 0.3 is 5.97 Å². The van der Waals surface area contributed by atoms with E-state index in [1.165, 1.54) is 57.0 Å². The van der Waals surface area contributed by atoms with Crippen LogP contribution in [-0.4, -0.2) is 25.2 Å². The van der Waals surface area contributed by atoms with Gasteiger partial charge in [0.05, 0.1) is 13.3 Å². The number of thiophene rings is 1. The van der Waals surface area contributed by atoms with E-state index in [-0.39, 0.29) is 11.3 Å². The van der Waals surface area contributed by atoms with E-state index >= 15 is 0 Å². The van der Waals surface area contributed by atoms with Crippen LogP contribution in [0.25, 0.3) is 0 Å². The number of amides is 1. The number of ether oxygens (including phenoxy) is 2. The van der Waals surface area contributed by atoms with E-state index in [0.29, 0.717) is 22.8 Å². The Hall–Kier alpha value is -2.67. The molecule has 0 saturated heterocycles. The molecular formula is C25H28N2O4S. The summed E-state index contributed by atoms with van der Waals surface area (Å²) in [4.78, 5) is 25.3. The van der Waals surface area contributed by atoms with Crippen molar-refractivity contribution >= 4 is 29.4 Å². The van der Waals surface area contributed by atoms with Gasteiger partial charge in [0.25, 0.3) is 0 Å². The van der Waals surface area contributed by atoms with Crippen molar-refractivity contribution in [3.63, 3.8) is 0 Å². The molecule has 1 heterocycles. The Bertz CT molecular complexity index is 995. The number of methoxy groups -OCH3 is 1. The summed E-state index contributed by atoms with van der Waals surface area (Å²) < 4.78 is 10.8. The van der Waals surface area contributed by atoms with Gasteiger partial charge in [0.1, 0.15) is 4.88 Å². The minimum Gasteiger partial charge on any atom is -0.493 e. The van der Waals surface area contributed by atoms with Crippen LogP contribution < -0.4 is 14.9 Å². The largest absolute Gasteiger partial charge is 0.493 e. The van der Waals surface area contributed by atoms with Crippen LogP contribution >= 0.6 is 11.3 Å². The molecule has 0 atom stereocenters. The highest BCUT2D eigenvalue weighted by Gasteiger charge is 2.51. The number of hydrogen-bond acceptors (Lipinski definition) is 6. The fraction of sp³-hybridized carbons (Fsp3) is 0.480. The summed E-state index contributed by atoms with van der Waals surface area (Å²) in [5.74, 6) is 2.84. The summed E-state index contributed by atoms with van der Waals surface area (Å²) in [5.41, 5.74) is 3.66. The number of rotatable bonds is 7. The van der Waals surface area contributed by atoms with Gasteiger partial charge in [-0.25, -0.2) is 10.2 Å². The van der Waals surface area contributed by atoms with Gasteiger partial charge < -0.3 is 9.47 Å². The van der Waals surface area contributed by atoms with Crippen LogP contribution in [0.15, 0.2) is 40.8 Å². The number of hydrazone groups is 1. The van der Waals surface area contributed by atoms with Gasteiger partial charge in [-0.3, -0.25) is 4.79 Å². The highest BCUT2D eigenvalue weighted by atomic mass is 32.1. The van der Waals surface area contributed by atoms with Crippen LogP contribution in [0.2, 0.25) is 0 Å². The van der Waals surface area contributed by atoms with Crippen LogP contribution in [0, 0.1) is 23.2 Å². The molecule has 4 aliphatic rings. The van der Waals surface area contributed by atoms with Crippen molar-refractivity contribution in [3.8, 4) is 11.5 Å². The van der Waals surface area contributed by atoms with E-state index in [4.69, 9.17) is 9.47 Å². The first-order valence-corrected chi connectivity index (χ1v) is 12.2. The van der Waals surface area contributed by atoms with Gasteiger partial charge in [0.15, 0.2) is 11.5 Å². The molecule has 1 amide bonds. The lowest BCUT2D eigenvalue weighted by Gasteiger charge is -2.56. The van der Waals surface area contributed by atoms with Crippen LogP contribution in [0.4, 0.5) is 0 Å². The summed E-state index contributed by atoms with van der Waals surface area (Å²) >= 11 is 1.32. The molecule has 4 aliphatic carbocycles. The highest BCUT2D eigenvalue weighted by Crippen LogP contribution is 2.61. The van der Waals surface area contributed by atoms with Crippen molar-refractivity contribution in [1.29, 1.82) is 0 Å². The molecule has 1 aromatic carbocycles. The second-order valence-corrected chi connectivity index (χ2v) is 10.6. The van der Waals surface area contributed by atoms with Crippen LogP contribution in [0.1, 0.15) is 60.2 Å². The smallest absolute Gasteiger partial charge is 0.353 e. The van der Waals surface area contributed by atoms with E-state index < -0.39 is 5.97 Å². The quantitative estimate of drug-likeness (QED) is 0.277. The Morgan fingerprint density at radius 2 is 1.84 bits per heavy atom. The van der Waals surface area contributed by atoms with Crippen molar-refractivity contribution in [1.82, 2.24) is 5.43 Å². The van der Waals surface area contributed by atoms with Gasteiger partial charge in [-0.1, -0.05) is 6.07 Å². The third kappa shape index (κ3) is 4.44. The first-order valence-electron chi connectivity index (χ1n) is 11.3. The molecule has 1 aromatic heterocycles. The normalized spacial score (nSPS) is 28.1. The molecule has 4 bridgehead atoms. The van der Waals surface area contributed by atoms with E-state index in [9.17, 15) is 9.59 Å². The molecule has 0 spiro atoms. The van der Waals surface area contributed by atoms with E-state index in [0.717, 1.165) is 23.3 Å². The SMILES string of the molecule is COc1cc(/C=N/NC(=O)CC23CC4CC(CC(C4)C2)C3)ccc1OC(=O)c1cccs1. The number of carbonyl (C=O) groups excluding carboxylic acids is 2. The molecule has 6 nitrogen and oxygen atoms in total. The molecular weight excluding hydrogens is 424 g/mol. The Morgan fingerprint density at radius 3 is 2.47 bits per heavy atom. The van der Waals surface area contributed by atoms with Crippen molar-refractivity contribution < 1.29 is 19.1 Å². The van der Waals surface area contributed by atoms with Crippen LogP contribution in [0.5, 0.6) is 11.5 Å². The standard InChI is InChI=1S/C25H28N2O4S/c1-30-21-10-16(4-5-20(21)31-24(29)22-3-2-6-32-22)15-26-27-23(28)14-25-11-17-7-18(12-25)9-19(8-17)13-25/h2-6,10,15,17-19H,7-9,11-14H2,1H3,(H,27,28)/b26-15+. The lowest BCUT2D eigenvalue weighted by molar-refractivity contribution is -0.129. The van der Waals surface area contributed by atoms with E-state index in [2.05, 4.69) is 10.5 Å². The van der Waals surface area contributed by atoms with Gasteiger partial charge in [-0.2, -0.15) is 5.10 Å². The maximum absolute atomic E-state index is 12.6. The second kappa shape index (κ2) is 8.70. The fourth-order valence-electron chi connectivity index (χ4n) is 6.46. The number of benzene rings is 1. The minimum atomic E-state index is -0.420. The topological polar surface area (TPSA) is 77.0 Å². The third-order valence-corrected chi connectivity index (χ3v) is 8.07. The number of carbonyl (C=O) groups is 2. The van der Waals surface area contributed by atoms with Crippen LogP contribution in [-0.2, 0) is 4.79 Å². The summed E-state index contributed by atoms with van der Waals surface area (Å²) in [7, 11) is 1.52. The molecule has 1 N–H and O–H groups in total. The average Bonchev–Trinajstić information content (AvgIpc) is 3.28. The zero-order valence-electron chi connectivity index (χ0n) is 18.2. The first-order chi connectivity index (χ1) is 15.5. The maximum Gasteiger partial charge on any atom is 0.353 e. The Balaban J connectivity index is 1.18. The predicted molar refractivity (Wildman–Crippen MR) is 123 cm³/mol. The van der Waals surface area contributed by atoms with Gasteiger partial charge in [0.2, 0.25) is 5.91 Å². The van der Waals surface area contributed by atoms with Crippen LogP contribution in [0.3, 0.4) is 0 Å². The molecule has 7 heteroatoms. The number of esters is 1. The first kappa shape index (κ1) is 21.2. The zero-order valence-corrected chi connectivity index (χ0v) is 19.0. The molecule has 2 aromatic rings.